The molecule has 0 spiro atoms. The van der Waals surface area contributed by atoms with Crippen molar-refractivity contribution >= 4 is 116 Å². The van der Waals surface area contributed by atoms with Gasteiger partial charge in [-0.3, -0.25) is 19.3 Å². The van der Waals surface area contributed by atoms with Crippen LogP contribution in [0.2, 0.25) is 0 Å². The molecule has 0 aliphatic carbocycles. The smallest absolute Gasteiger partial charge is 0.343 e. The lowest BCUT2D eigenvalue weighted by Gasteiger charge is -2.30. The fraction of sp³-hybridized carbons (Fsp3) is 0.0541. The molecule has 1 unspecified atom stereocenters. The molecule has 2 aliphatic rings. The van der Waals surface area contributed by atoms with Crippen LogP contribution in [0, 0.1) is 0 Å². The van der Waals surface area contributed by atoms with Gasteiger partial charge in [0.15, 0.2) is 0 Å². The summed E-state index contributed by atoms with van der Waals surface area (Å²) in [5.41, 5.74) is -0.514. The molecule has 52 heavy (non-hydrogen) atoms. The van der Waals surface area contributed by atoms with Crippen LogP contribution in [0.15, 0.2) is 139 Å². The van der Waals surface area contributed by atoms with Crippen molar-refractivity contribution in [2.24, 2.45) is 0 Å². The van der Waals surface area contributed by atoms with Crippen LogP contribution in [-0.4, -0.2) is 42.0 Å². The van der Waals surface area contributed by atoms with Crippen LogP contribution in [0.25, 0.3) is 0 Å². The lowest BCUT2D eigenvalue weighted by atomic mass is 10.00. The number of anilines is 4. The van der Waals surface area contributed by atoms with Crippen LogP contribution in [0.3, 0.4) is 0 Å². The number of benzene rings is 5. The minimum Gasteiger partial charge on any atom is -0.497 e. The average Bonchev–Trinajstić information content (AvgIpc) is 3.49. The van der Waals surface area contributed by atoms with Crippen LogP contribution in [0.1, 0.15) is 5.56 Å². The second-order valence-electron chi connectivity index (χ2n) is 11.1. The zero-order valence-electron chi connectivity index (χ0n) is 26.7. The Morgan fingerprint density at radius 2 is 0.827 bits per heavy atom. The average molecular weight is 956 g/mol. The molecule has 2 heterocycles. The second-order valence-corrected chi connectivity index (χ2v) is 14.8. The SMILES string of the molecule is COc1ccc(C2(O)C(=O)N(c3ccc(Br)cc3)C(=O)N2c2ccc(Br)cc2)cc1.O=C1C(=O)N(c2ccc(Br)cc2)C(=O)N1c1ccc(Br)cc1. The van der Waals surface area contributed by atoms with E-state index in [1.807, 2.05) is 0 Å². The number of halogens is 4. The first-order valence-electron chi connectivity index (χ1n) is 15.2. The number of carbonyl (C=O) groups is 5. The number of rotatable bonds is 6. The number of urea groups is 2. The van der Waals surface area contributed by atoms with E-state index in [9.17, 15) is 29.1 Å². The lowest BCUT2D eigenvalue weighted by Crippen LogP contribution is -2.47. The molecule has 1 N–H and O–H groups in total. The van der Waals surface area contributed by atoms with Crippen LogP contribution >= 0.6 is 63.7 Å². The maximum atomic E-state index is 13.5. The van der Waals surface area contributed by atoms with E-state index < -0.39 is 35.5 Å². The highest BCUT2D eigenvalue weighted by atomic mass is 79.9. The number of aliphatic hydroxyl groups is 1. The molecule has 5 aromatic carbocycles. The monoisotopic (exact) mass is 952 g/mol. The normalized spacial score (nSPS) is 17.2. The second kappa shape index (κ2) is 15.1. The van der Waals surface area contributed by atoms with Gasteiger partial charge >= 0.3 is 23.9 Å². The Balaban J connectivity index is 0.000000187. The van der Waals surface area contributed by atoms with Crippen molar-refractivity contribution in [1.82, 2.24) is 0 Å². The number of imide groups is 3. The molecule has 2 aliphatic heterocycles. The molecule has 0 aromatic heterocycles. The minimum absolute atomic E-state index is 0.254. The van der Waals surface area contributed by atoms with Gasteiger partial charge in [0.1, 0.15) is 5.75 Å². The molecular formula is C37H24Br4N4O7. The Bertz CT molecular complexity index is 2120. The molecule has 2 fully saturated rings. The maximum Gasteiger partial charge on any atom is 0.343 e. The number of amides is 7. The molecule has 1 atom stereocenters. The summed E-state index contributed by atoms with van der Waals surface area (Å²) in [5.74, 6) is -1.92. The van der Waals surface area contributed by atoms with Gasteiger partial charge in [-0.1, -0.05) is 63.7 Å². The Morgan fingerprint density at radius 1 is 0.481 bits per heavy atom. The summed E-state index contributed by atoms with van der Waals surface area (Å²) in [5, 5.41) is 11.7. The first kappa shape index (κ1) is 37.1. The van der Waals surface area contributed by atoms with Crippen molar-refractivity contribution in [1.29, 1.82) is 0 Å². The summed E-state index contributed by atoms with van der Waals surface area (Å²) in [6, 6.07) is 31.8. The minimum atomic E-state index is -2.22. The molecule has 7 amide bonds. The molecule has 262 valence electrons. The van der Waals surface area contributed by atoms with Crippen LogP contribution in [-0.2, 0) is 20.1 Å². The van der Waals surface area contributed by atoms with Gasteiger partial charge in [0, 0.05) is 29.1 Å². The summed E-state index contributed by atoms with van der Waals surface area (Å²) in [4.78, 5) is 67.5. The number of ether oxygens (including phenoxy) is 1. The highest BCUT2D eigenvalue weighted by Gasteiger charge is 2.59. The number of hydrogen-bond acceptors (Lipinski definition) is 7. The molecular weight excluding hydrogens is 932 g/mol. The first-order chi connectivity index (χ1) is 24.8. The van der Waals surface area contributed by atoms with E-state index in [0.29, 0.717) is 28.5 Å². The van der Waals surface area contributed by atoms with Gasteiger partial charge in [0.25, 0.3) is 11.6 Å². The van der Waals surface area contributed by atoms with Gasteiger partial charge < -0.3 is 9.84 Å². The van der Waals surface area contributed by atoms with Gasteiger partial charge in [-0.2, -0.15) is 0 Å². The summed E-state index contributed by atoms with van der Waals surface area (Å²) in [7, 11) is 1.53. The van der Waals surface area contributed by atoms with Gasteiger partial charge in [0.05, 0.1) is 24.2 Å². The third kappa shape index (κ3) is 6.94. The molecule has 11 nitrogen and oxygen atoms in total. The predicted molar refractivity (Wildman–Crippen MR) is 209 cm³/mol. The first-order valence-corrected chi connectivity index (χ1v) is 18.3. The van der Waals surface area contributed by atoms with Crippen molar-refractivity contribution < 1.29 is 33.8 Å². The molecule has 5 aromatic rings. The highest BCUT2D eigenvalue weighted by molar-refractivity contribution is 9.11. The number of nitrogens with zero attached hydrogens (tertiary/aromatic N) is 4. The third-order valence-corrected chi connectivity index (χ3v) is 10.1. The zero-order valence-corrected chi connectivity index (χ0v) is 33.1. The van der Waals surface area contributed by atoms with E-state index in [0.717, 1.165) is 37.5 Å². The predicted octanol–water partition coefficient (Wildman–Crippen LogP) is 8.75. The van der Waals surface area contributed by atoms with Gasteiger partial charge in [-0.25, -0.2) is 24.3 Å². The van der Waals surface area contributed by atoms with Crippen molar-refractivity contribution in [3.8, 4) is 5.75 Å². The third-order valence-electron chi connectivity index (χ3n) is 8.01. The quantitative estimate of drug-likeness (QED) is 0.133. The fourth-order valence-electron chi connectivity index (χ4n) is 5.46. The van der Waals surface area contributed by atoms with E-state index >= 15 is 0 Å². The fourth-order valence-corrected chi connectivity index (χ4v) is 6.52. The van der Waals surface area contributed by atoms with E-state index in [4.69, 9.17) is 4.74 Å². The molecule has 0 radical (unpaired) electrons. The van der Waals surface area contributed by atoms with E-state index in [1.54, 1.807) is 121 Å². The zero-order chi connectivity index (χ0) is 37.3. The Kier molecular flexibility index (Phi) is 10.8. The van der Waals surface area contributed by atoms with E-state index in [-0.39, 0.29) is 5.56 Å². The van der Waals surface area contributed by atoms with Crippen molar-refractivity contribution in [2.75, 3.05) is 26.7 Å². The molecule has 7 rings (SSSR count). The summed E-state index contributed by atoms with van der Waals surface area (Å²) in [6.45, 7) is 0. The van der Waals surface area contributed by atoms with E-state index in [2.05, 4.69) is 63.7 Å². The largest absolute Gasteiger partial charge is 0.497 e. The molecule has 0 saturated carbocycles. The summed E-state index contributed by atoms with van der Waals surface area (Å²) >= 11 is 13.3. The standard InChI is InChI=1S/C22H16Br2N2O4.C15H8Br2N2O3/c1-30-19-12-2-14(3-13-19)22(29)20(27)25(17-8-4-15(23)5-9-17)21(28)26(22)18-10-6-16(24)7-11-18;16-9-1-5-11(6-2-9)18-13(20)14(21)19(15(18)22)12-7-3-10(17)4-8-12/h2-13,29H,1H3;1-8H. The topological polar surface area (TPSA) is 128 Å². The van der Waals surface area contributed by atoms with Gasteiger partial charge in [-0.05, 0) is 121 Å². The molecule has 2 saturated heterocycles. The number of methoxy groups -OCH3 is 1. The Morgan fingerprint density at radius 3 is 1.19 bits per heavy atom. The van der Waals surface area contributed by atoms with Gasteiger partial charge in [0.2, 0.25) is 0 Å². The van der Waals surface area contributed by atoms with Crippen molar-refractivity contribution in [3.63, 3.8) is 0 Å². The summed E-state index contributed by atoms with van der Waals surface area (Å²) < 4.78 is 8.41. The summed E-state index contributed by atoms with van der Waals surface area (Å²) in [6.07, 6.45) is 0. The van der Waals surface area contributed by atoms with Crippen LogP contribution in [0.5, 0.6) is 5.75 Å². The van der Waals surface area contributed by atoms with Crippen LogP contribution < -0.4 is 24.3 Å². The highest BCUT2D eigenvalue weighted by Crippen LogP contribution is 2.42. The van der Waals surface area contributed by atoms with Gasteiger partial charge in [-0.15, -0.1) is 0 Å². The Hall–Kier alpha value is -4.67. The van der Waals surface area contributed by atoms with Crippen LogP contribution in [0.4, 0.5) is 32.3 Å². The Labute approximate surface area is 330 Å². The molecule has 15 heteroatoms. The van der Waals surface area contributed by atoms with Crippen molar-refractivity contribution in [2.45, 2.75) is 5.72 Å². The number of hydrogen-bond donors (Lipinski definition) is 1. The maximum absolute atomic E-state index is 13.5. The number of carbonyl (C=O) groups excluding carboxylic acids is 5. The van der Waals surface area contributed by atoms with Crippen molar-refractivity contribution in [3.05, 3.63) is 145 Å². The van der Waals surface area contributed by atoms with E-state index in [1.165, 1.54) is 7.11 Å². The molecule has 0 bridgehead atoms. The lowest BCUT2D eigenvalue weighted by molar-refractivity contribution is -0.133.